The van der Waals surface area contributed by atoms with Gasteiger partial charge in [-0.15, -0.1) is 0 Å². The summed E-state index contributed by atoms with van der Waals surface area (Å²) in [7, 11) is 0. The Hall–Kier alpha value is -0.570. The summed E-state index contributed by atoms with van der Waals surface area (Å²) >= 11 is 0. The normalized spacial score (nSPS) is 14.0. The SMILES string of the molecule is CCCCCCC(O)CCCCCCCCCC(C(=O)O)C(C)C. The van der Waals surface area contributed by atoms with E-state index in [1.807, 2.05) is 13.8 Å². The Labute approximate surface area is 150 Å². The average Bonchev–Trinajstić information content (AvgIpc) is 2.52. The first kappa shape index (κ1) is 23.4. The van der Waals surface area contributed by atoms with Crippen LogP contribution in [0.1, 0.15) is 111 Å². The third kappa shape index (κ3) is 13.8. The van der Waals surface area contributed by atoms with Gasteiger partial charge in [0.05, 0.1) is 12.0 Å². The van der Waals surface area contributed by atoms with Crippen LogP contribution in [-0.4, -0.2) is 22.3 Å². The molecule has 2 atom stereocenters. The van der Waals surface area contributed by atoms with Gasteiger partial charge in [0.2, 0.25) is 0 Å². The predicted octanol–water partition coefficient (Wildman–Crippen LogP) is 6.19. The summed E-state index contributed by atoms with van der Waals surface area (Å²) in [4.78, 5) is 11.1. The van der Waals surface area contributed by atoms with Crippen molar-refractivity contribution in [2.75, 3.05) is 0 Å². The van der Waals surface area contributed by atoms with Gasteiger partial charge in [-0.3, -0.25) is 4.79 Å². The fourth-order valence-electron chi connectivity index (χ4n) is 3.32. The van der Waals surface area contributed by atoms with Gasteiger partial charge in [0.1, 0.15) is 0 Å². The van der Waals surface area contributed by atoms with Gasteiger partial charge >= 0.3 is 5.97 Å². The van der Waals surface area contributed by atoms with E-state index >= 15 is 0 Å². The molecule has 0 radical (unpaired) electrons. The van der Waals surface area contributed by atoms with Crippen LogP contribution < -0.4 is 0 Å². The molecule has 0 bridgehead atoms. The summed E-state index contributed by atoms with van der Waals surface area (Å²) in [5.41, 5.74) is 0. The summed E-state index contributed by atoms with van der Waals surface area (Å²) in [6, 6.07) is 0. The first-order chi connectivity index (χ1) is 11.5. The fraction of sp³-hybridized carbons (Fsp3) is 0.952. The van der Waals surface area contributed by atoms with Crippen molar-refractivity contribution in [3.05, 3.63) is 0 Å². The largest absolute Gasteiger partial charge is 0.481 e. The molecule has 0 aliphatic rings. The second kappa shape index (κ2) is 15.9. The smallest absolute Gasteiger partial charge is 0.306 e. The van der Waals surface area contributed by atoms with E-state index in [2.05, 4.69) is 6.92 Å². The highest BCUT2D eigenvalue weighted by Gasteiger charge is 2.20. The molecule has 0 spiro atoms. The molecule has 0 saturated heterocycles. The quantitative estimate of drug-likeness (QED) is 0.310. The number of aliphatic carboxylic acids is 1. The third-order valence-electron chi connectivity index (χ3n) is 5.07. The number of aliphatic hydroxyl groups is 1. The molecule has 0 saturated carbocycles. The summed E-state index contributed by atoms with van der Waals surface area (Å²) in [5.74, 6) is -0.585. The molecular weight excluding hydrogens is 300 g/mol. The van der Waals surface area contributed by atoms with Gasteiger partial charge in [-0.25, -0.2) is 0 Å². The van der Waals surface area contributed by atoms with Crippen molar-refractivity contribution in [3.8, 4) is 0 Å². The number of carboxylic acids is 1. The van der Waals surface area contributed by atoms with Crippen LogP contribution in [0, 0.1) is 11.8 Å². The molecule has 0 aliphatic carbocycles. The number of unbranched alkanes of at least 4 members (excludes halogenated alkanes) is 9. The van der Waals surface area contributed by atoms with Gasteiger partial charge in [0, 0.05) is 0 Å². The summed E-state index contributed by atoms with van der Waals surface area (Å²) in [5, 5.41) is 19.1. The Morgan fingerprint density at radius 2 is 1.17 bits per heavy atom. The molecule has 0 amide bonds. The number of carboxylic acid groups (broad SMARTS) is 1. The van der Waals surface area contributed by atoms with E-state index in [-0.39, 0.29) is 17.9 Å². The highest BCUT2D eigenvalue weighted by atomic mass is 16.4. The van der Waals surface area contributed by atoms with Crippen molar-refractivity contribution in [1.82, 2.24) is 0 Å². The van der Waals surface area contributed by atoms with Gasteiger partial charge in [0.25, 0.3) is 0 Å². The van der Waals surface area contributed by atoms with E-state index in [0.717, 1.165) is 38.5 Å². The van der Waals surface area contributed by atoms with Crippen LogP contribution in [0.3, 0.4) is 0 Å². The van der Waals surface area contributed by atoms with Gasteiger partial charge in [-0.2, -0.15) is 0 Å². The Balaban J connectivity index is 3.37. The maximum Gasteiger partial charge on any atom is 0.306 e. The van der Waals surface area contributed by atoms with Crippen LogP contribution in [0.5, 0.6) is 0 Å². The molecule has 0 fully saturated rings. The van der Waals surface area contributed by atoms with Crippen molar-refractivity contribution in [2.24, 2.45) is 11.8 Å². The number of carbonyl (C=O) groups is 1. The summed E-state index contributed by atoms with van der Waals surface area (Å²) in [6.07, 6.45) is 15.9. The molecule has 0 rings (SSSR count). The Kier molecular flexibility index (Phi) is 15.6. The van der Waals surface area contributed by atoms with E-state index in [4.69, 9.17) is 5.11 Å². The average molecular weight is 343 g/mol. The lowest BCUT2D eigenvalue weighted by atomic mass is 9.90. The lowest BCUT2D eigenvalue weighted by molar-refractivity contribution is -0.143. The zero-order chi connectivity index (χ0) is 18.2. The first-order valence-corrected chi connectivity index (χ1v) is 10.4. The Morgan fingerprint density at radius 1 is 0.750 bits per heavy atom. The molecule has 2 N–H and O–H groups in total. The first-order valence-electron chi connectivity index (χ1n) is 10.4. The standard InChI is InChI=1S/C21H42O3/c1-4-5-6-12-15-19(22)16-13-10-8-7-9-11-14-17-20(18(2)3)21(23)24/h18-20,22H,4-17H2,1-3H3,(H,23,24). The lowest BCUT2D eigenvalue weighted by Gasteiger charge is -2.15. The number of rotatable bonds is 17. The van der Waals surface area contributed by atoms with Crippen molar-refractivity contribution in [3.63, 3.8) is 0 Å². The summed E-state index contributed by atoms with van der Waals surface area (Å²) < 4.78 is 0. The van der Waals surface area contributed by atoms with Gasteiger partial charge in [-0.05, 0) is 25.2 Å². The van der Waals surface area contributed by atoms with Gasteiger partial charge < -0.3 is 10.2 Å². The zero-order valence-electron chi connectivity index (χ0n) is 16.4. The molecule has 0 aromatic rings. The van der Waals surface area contributed by atoms with Crippen LogP contribution in [0.15, 0.2) is 0 Å². The van der Waals surface area contributed by atoms with Crippen LogP contribution >= 0.6 is 0 Å². The maximum absolute atomic E-state index is 11.1. The molecule has 0 aromatic heterocycles. The van der Waals surface area contributed by atoms with E-state index < -0.39 is 5.97 Å². The Morgan fingerprint density at radius 3 is 1.58 bits per heavy atom. The number of aliphatic hydroxyl groups excluding tert-OH is 1. The van der Waals surface area contributed by atoms with Crippen LogP contribution in [-0.2, 0) is 4.79 Å². The van der Waals surface area contributed by atoms with Crippen molar-refractivity contribution in [1.29, 1.82) is 0 Å². The van der Waals surface area contributed by atoms with Crippen molar-refractivity contribution >= 4 is 5.97 Å². The third-order valence-corrected chi connectivity index (χ3v) is 5.07. The van der Waals surface area contributed by atoms with Crippen LogP contribution in [0.2, 0.25) is 0 Å². The highest BCUT2D eigenvalue weighted by Crippen LogP contribution is 2.20. The van der Waals surface area contributed by atoms with Gasteiger partial charge in [0.15, 0.2) is 0 Å². The maximum atomic E-state index is 11.1. The minimum atomic E-state index is -0.641. The number of hydrogen-bond donors (Lipinski definition) is 2. The summed E-state index contributed by atoms with van der Waals surface area (Å²) in [6.45, 7) is 6.21. The second-order valence-electron chi connectivity index (χ2n) is 7.74. The van der Waals surface area contributed by atoms with Crippen LogP contribution in [0.4, 0.5) is 0 Å². The van der Waals surface area contributed by atoms with Gasteiger partial charge in [-0.1, -0.05) is 91.4 Å². The molecule has 0 aromatic carbocycles. The molecule has 0 heterocycles. The monoisotopic (exact) mass is 342 g/mol. The Bertz CT molecular complexity index is 289. The zero-order valence-corrected chi connectivity index (χ0v) is 16.4. The van der Waals surface area contributed by atoms with E-state index in [9.17, 15) is 9.90 Å². The van der Waals surface area contributed by atoms with Crippen LogP contribution in [0.25, 0.3) is 0 Å². The predicted molar refractivity (Wildman–Crippen MR) is 102 cm³/mol. The minimum absolute atomic E-state index is 0.0918. The second-order valence-corrected chi connectivity index (χ2v) is 7.74. The molecule has 2 unspecified atom stereocenters. The molecule has 3 heteroatoms. The molecule has 0 aliphatic heterocycles. The molecule has 3 nitrogen and oxygen atoms in total. The van der Waals surface area contributed by atoms with E-state index in [0.29, 0.717) is 0 Å². The minimum Gasteiger partial charge on any atom is -0.481 e. The van der Waals surface area contributed by atoms with Crippen molar-refractivity contribution in [2.45, 2.75) is 117 Å². The molecule has 144 valence electrons. The van der Waals surface area contributed by atoms with E-state index in [1.165, 1.54) is 51.4 Å². The van der Waals surface area contributed by atoms with E-state index in [1.54, 1.807) is 0 Å². The molecular formula is C21H42O3. The molecule has 24 heavy (non-hydrogen) atoms. The number of hydrogen-bond acceptors (Lipinski definition) is 2. The lowest BCUT2D eigenvalue weighted by Crippen LogP contribution is -2.19. The highest BCUT2D eigenvalue weighted by molar-refractivity contribution is 5.70. The van der Waals surface area contributed by atoms with Crippen molar-refractivity contribution < 1.29 is 15.0 Å². The fourth-order valence-corrected chi connectivity index (χ4v) is 3.32. The topological polar surface area (TPSA) is 57.5 Å².